The van der Waals surface area contributed by atoms with E-state index in [1.165, 1.54) is 0 Å². The molecule has 0 spiro atoms. The third kappa shape index (κ3) is 1.82. The summed E-state index contributed by atoms with van der Waals surface area (Å²) in [5.41, 5.74) is 0. The van der Waals surface area contributed by atoms with Crippen LogP contribution in [-0.2, 0) is 16.0 Å². The minimum Gasteiger partial charge on any atom is -0.480 e. The minimum absolute atomic E-state index is 0.0393. The Hall–Kier alpha value is -1.43. The largest absolute Gasteiger partial charge is 0.480 e. The molecule has 2 unspecified atom stereocenters. The van der Waals surface area contributed by atoms with E-state index in [1.807, 2.05) is 0 Å². The first-order valence-corrected chi connectivity index (χ1v) is 6.05. The van der Waals surface area contributed by atoms with E-state index < -0.39 is 12.0 Å². The number of aromatic nitrogens is 3. The van der Waals surface area contributed by atoms with Crippen LogP contribution in [0.15, 0.2) is 0 Å². The molecule has 1 N–H and O–H groups in total. The van der Waals surface area contributed by atoms with E-state index in [9.17, 15) is 4.79 Å². The molecule has 1 aromatic heterocycles. The van der Waals surface area contributed by atoms with E-state index >= 15 is 0 Å². The number of carboxylic acids is 1. The highest BCUT2D eigenvalue weighted by atomic mass is 16.5. The Kier molecular flexibility index (Phi) is 2.58. The molecule has 2 aliphatic rings. The molecule has 0 radical (unpaired) electrons. The monoisotopic (exact) mass is 237 g/mol. The van der Waals surface area contributed by atoms with Gasteiger partial charge in [-0.05, 0) is 25.7 Å². The Labute approximate surface area is 98.6 Å². The lowest BCUT2D eigenvalue weighted by Crippen LogP contribution is -2.26. The highest BCUT2D eigenvalue weighted by molar-refractivity contribution is 5.71. The molecule has 6 heteroatoms. The fraction of sp³-hybridized carbons (Fsp3) is 0.727. The summed E-state index contributed by atoms with van der Waals surface area (Å²) in [4.78, 5) is 15.6. The molecular formula is C11H15N3O3. The fourth-order valence-corrected chi connectivity index (χ4v) is 2.52. The third-order valence-electron chi connectivity index (χ3n) is 3.39. The first-order valence-electron chi connectivity index (χ1n) is 6.05. The van der Waals surface area contributed by atoms with Gasteiger partial charge >= 0.3 is 5.97 Å². The van der Waals surface area contributed by atoms with Gasteiger partial charge in [-0.1, -0.05) is 0 Å². The maximum Gasteiger partial charge on any atom is 0.328 e. The number of hydrogen-bond donors (Lipinski definition) is 1. The van der Waals surface area contributed by atoms with Crippen LogP contribution >= 0.6 is 0 Å². The zero-order valence-corrected chi connectivity index (χ0v) is 9.50. The van der Waals surface area contributed by atoms with Gasteiger partial charge in [-0.3, -0.25) is 0 Å². The zero-order valence-electron chi connectivity index (χ0n) is 9.50. The predicted octanol–water partition coefficient (Wildman–Crippen LogP) is 1.09. The third-order valence-corrected chi connectivity index (χ3v) is 3.39. The molecule has 0 aliphatic carbocycles. The molecule has 3 rings (SSSR count). The van der Waals surface area contributed by atoms with Crippen LogP contribution in [-0.4, -0.2) is 32.4 Å². The van der Waals surface area contributed by atoms with Gasteiger partial charge in [-0.2, -0.15) is 5.10 Å². The van der Waals surface area contributed by atoms with Gasteiger partial charge in [0.15, 0.2) is 11.9 Å². The van der Waals surface area contributed by atoms with Crippen LogP contribution in [0.5, 0.6) is 0 Å². The molecule has 0 saturated carbocycles. The Morgan fingerprint density at radius 1 is 1.41 bits per heavy atom. The van der Waals surface area contributed by atoms with Crippen molar-refractivity contribution < 1.29 is 14.6 Å². The first-order chi connectivity index (χ1) is 8.25. The second-order valence-electron chi connectivity index (χ2n) is 4.58. The average Bonchev–Trinajstić information content (AvgIpc) is 2.96. The van der Waals surface area contributed by atoms with Crippen molar-refractivity contribution in [3.63, 3.8) is 0 Å². The molecule has 17 heavy (non-hydrogen) atoms. The average molecular weight is 237 g/mol. The quantitative estimate of drug-likeness (QED) is 0.833. The summed E-state index contributed by atoms with van der Waals surface area (Å²) in [7, 11) is 0. The summed E-state index contributed by atoms with van der Waals surface area (Å²) < 4.78 is 7.10. The lowest BCUT2D eigenvalue weighted by molar-refractivity contribution is -0.141. The van der Waals surface area contributed by atoms with Crippen LogP contribution in [0.4, 0.5) is 0 Å². The molecule has 0 amide bonds. The van der Waals surface area contributed by atoms with Crippen LogP contribution < -0.4 is 0 Å². The van der Waals surface area contributed by atoms with Gasteiger partial charge < -0.3 is 9.84 Å². The molecule has 6 nitrogen and oxygen atoms in total. The van der Waals surface area contributed by atoms with Gasteiger partial charge in [0.05, 0.1) is 0 Å². The number of fused-ring (bicyclic) bond motifs is 1. The van der Waals surface area contributed by atoms with Crippen LogP contribution in [0.2, 0.25) is 0 Å². The van der Waals surface area contributed by atoms with E-state index in [1.54, 1.807) is 4.68 Å². The van der Waals surface area contributed by atoms with Crippen LogP contribution in [0.3, 0.4) is 0 Å². The summed E-state index contributed by atoms with van der Waals surface area (Å²) in [5, 5.41) is 13.5. The van der Waals surface area contributed by atoms with Crippen LogP contribution in [0, 0.1) is 0 Å². The van der Waals surface area contributed by atoms with Crippen molar-refractivity contribution in [3.05, 3.63) is 11.6 Å². The first kappa shape index (κ1) is 10.7. The van der Waals surface area contributed by atoms with Gasteiger partial charge in [0.1, 0.15) is 11.9 Å². The zero-order chi connectivity index (χ0) is 11.8. The fourth-order valence-electron chi connectivity index (χ4n) is 2.52. The van der Waals surface area contributed by atoms with Crippen molar-refractivity contribution in [3.8, 4) is 0 Å². The second kappa shape index (κ2) is 4.10. The van der Waals surface area contributed by atoms with Crippen molar-refractivity contribution >= 4 is 5.97 Å². The molecule has 3 heterocycles. The second-order valence-corrected chi connectivity index (χ2v) is 4.58. The van der Waals surface area contributed by atoms with E-state index in [-0.39, 0.29) is 6.10 Å². The van der Waals surface area contributed by atoms with Crippen molar-refractivity contribution in [1.82, 2.24) is 14.8 Å². The number of carbonyl (C=O) groups is 1. The Morgan fingerprint density at radius 3 is 3.00 bits per heavy atom. The summed E-state index contributed by atoms with van der Waals surface area (Å²) in [6, 6.07) is -0.554. The number of hydrogen-bond acceptors (Lipinski definition) is 4. The van der Waals surface area contributed by atoms with Gasteiger partial charge in [-0.25, -0.2) is 14.5 Å². The van der Waals surface area contributed by atoms with E-state index in [4.69, 9.17) is 9.84 Å². The summed E-state index contributed by atoms with van der Waals surface area (Å²) in [5.74, 6) is 0.620. The molecule has 0 bridgehead atoms. The lowest BCUT2D eigenvalue weighted by Gasteiger charge is -2.19. The maximum atomic E-state index is 11.1. The highest BCUT2D eigenvalue weighted by Gasteiger charge is 2.31. The van der Waals surface area contributed by atoms with Gasteiger partial charge in [0.25, 0.3) is 0 Å². The summed E-state index contributed by atoms with van der Waals surface area (Å²) >= 11 is 0. The van der Waals surface area contributed by atoms with E-state index in [2.05, 4.69) is 10.1 Å². The topological polar surface area (TPSA) is 77.2 Å². The van der Waals surface area contributed by atoms with Gasteiger partial charge in [-0.15, -0.1) is 0 Å². The molecule has 92 valence electrons. The number of rotatable bonds is 2. The van der Waals surface area contributed by atoms with Gasteiger partial charge in [0.2, 0.25) is 0 Å². The predicted molar refractivity (Wildman–Crippen MR) is 57.6 cm³/mol. The van der Waals surface area contributed by atoms with Crippen molar-refractivity contribution in [2.75, 3.05) is 6.61 Å². The number of ether oxygens (including phenoxy) is 1. The molecule has 2 aliphatic heterocycles. The Balaban J connectivity index is 1.92. The lowest BCUT2D eigenvalue weighted by atomic mass is 10.1. The normalized spacial score (nSPS) is 28.0. The smallest absolute Gasteiger partial charge is 0.328 e. The molecule has 0 aromatic carbocycles. The SMILES string of the molecule is O=C(O)C1CCCc2nc(C3CCCO3)nn21. The molecule has 1 aromatic rings. The summed E-state index contributed by atoms with van der Waals surface area (Å²) in [6.07, 6.45) is 4.22. The highest BCUT2D eigenvalue weighted by Crippen LogP contribution is 2.29. The van der Waals surface area contributed by atoms with Gasteiger partial charge in [0, 0.05) is 13.0 Å². The van der Waals surface area contributed by atoms with Crippen molar-refractivity contribution in [1.29, 1.82) is 0 Å². The maximum absolute atomic E-state index is 11.1. The minimum atomic E-state index is -0.824. The number of nitrogens with zero attached hydrogens (tertiary/aromatic N) is 3. The van der Waals surface area contributed by atoms with Crippen LogP contribution in [0.1, 0.15) is 49.5 Å². The molecular weight excluding hydrogens is 222 g/mol. The van der Waals surface area contributed by atoms with E-state index in [0.717, 1.165) is 38.1 Å². The Bertz CT molecular complexity index is 437. The summed E-state index contributed by atoms with van der Waals surface area (Å²) in [6.45, 7) is 0.747. The van der Waals surface area contributed by atoms with E-state index in [0.29, 0.717) is 12.2 Å². The standard InChI is InChI=1S/C11H15N3O3/c15-11(16)7-3-1-5-9-12-10(13-14(7)9)8-4-2-6-17-8/h7-8H,1-6H2,(H,15,16). The molecule has 1 fully saturated rings. The van der Waals surface area contributed by atoms with Crippen molar-refractivity contribution in [2.24, 2.45) is 0 Å². The van der Waals surface area contributed by atoms with Crippen molar-refractivity contribution in [2.45, 2.75) is 44.2 Å². The number of carboxylic acid groups (broad SMARTS) is 1. The molecule has 1 saturated heterocycles. The van der Waals surface area contributed by atoms with Crippen LogP contribution in [0.25, 0.3) is 0 Å². The number of aliphatic carboxylic acids is 1. The Morgan fingerprint density at radius 2 is 2.29 bits per heavy atom. The molecule has 2 atom stereocenters. The number of aryl methyl sites for hydroxylation is 1.